The minimum atomic E-state index is 0.503. The highest BCUT2D eigenvalue weighted by Gasteiger charge is 2.22. The van der Waals surface area contributed by atoms with E-state index in [0.717, 1.165) is 10.7 Å². The molecule has 0 N–H and O–H groups in total. The molecule has 0 saturated heterocycles. The largest absolute Gasteiger partial charge is 0.372 e. The maximum absolute atomic E-state index is 4.17. The van der Waals surface area contributed by atoms with Gasteiger partial charge in [-0.1, -0.05) is 10.2 Å². The first kappa shape index (κ1) is 6.41. The van der Waals surface area contributed by atoms with E-state index in [1.54, 1.807) is 0 Å². The third-order valence-electron chi connectivity index (χ3n) is 1.13. The summed E-state index contributed by atoms with van der Waals surface area (Å²) in [5, 5.41) is 16.8. The molecule has 2 aliphatic heterocycles. The van der Waals surface area contributed by atoms with Gasteiger partial charge in [-0.25, -0.2) is 0 Å². The topological polar surface area (TPSA) is 61.8 Å². The Labute approximate surface area is 66.6 Å². The third kappa shape index (κ3) is 1.12. The van der Waals surface area contributed by atoms with E-state index < -0.39 is 0 Å². The lowest BCUT2D eigenvalue weighted by Gasteiger charge is -1.75. The van der Waals surface area contributed by atoms with E-state index in [2.05, 4.69) is 25.7 Å². The highest BCUT2D eigenvalue weighted by Crippen LogP contribution is 2.17. The zero-order valence-corrected chi connectivity index (χ0v) is 6.54. The van der Waals surface area contributed by atoms with Crippen LogP contribution in [0.2, 0.25) is 0 Å². The first-order valence-electron chi connectivity index (χ1n) is 2.97. The molecule has 0 unspecified atom stereocenters. The molecule has 0 atom stereocenters. The summed E-state index contributed by atoms with van der Waals surface area (Å²) in [5.74, 6) is 0.503. The maximum atomic E-state index is 4.17. The fourth-order valence-electron chi connectivity index (χ4n) is 0.687. The van der Waals surface area contributed by atoms with Crippen LogP contribution in [0.5, 0.6) is 0 Å². The van der Waals surface area contributed by atoms with E-state index in [1.165, 1.54) is 11.4 Å². The molecule has 11 heavy (non-hydrogen) atoms. The van der Waals surface area contributed by atoms with Gasteiger partial charge in [0.1, 0.15) is 5.71 Å². The number of rotatable bonds is 0. The first-order valence-corrected chi connectivity index (χ1v) is 3.85. The molecule has 2 rings (SSSR count). The van der Waals surface area contributed by atoms with Gasteiger partial charge < -0.3 is 0 Å². The number of aliphatic imine (C=N–C) groups is 1. The van der Waals surface area contributed by atoms with Gasteiger partial charge in [0.25, 0.3) is 5.82 Å². The molecular formula is C5H4N5S+. The van der Waals surface area contributed by atoms with Crippen LogP contribution in [-0.4, -0.2) is 11.1 Å². The molecule has 54 valence electrons. The van der Waals surface area contributed by atoms with Crippen LogP contribution in [0, 0.1) is 0 Å². The molecule has 0 aromatic rings. The minimum absolute atomic E-state index is 0.503. The Bertz CT molecular complexity index is 321. The van der Waals surface area contributed by atoms with Gasteiger partial charge in [-0.05, 0) is 17.4 Å². The predicted octanol–water partition coefficient (Wildman–Crippen LogP) is 1.31. The summed E-state index contributed by atoms with van der Waals surface area (Å²) in [5.41, 5.74) is 0.967. The van der Waals surface area contributed by atoms with Gasteiger partial charge in [-0.2, -0.15) is 4.99 Å². The Hall–Kier alpha value is -1.30. The average Bonchev–Trinajstić information content (AvgIpc) is 2.55. The Morgan fingerprint density at radius 3 is 2.55 bits per heavy atom. The molecule has 0 aromatic heterocycles. The zero-order valence-electron chi connectivity index (χ0n) is 5.72. The van der Waals surface area contributed by atoms with Gasteiger partial charge in [0, 0.05) is 0 Å². The van der Waals surface area contributed by atoms with Crippen LogP contribution in [0.1, 0.15) is 6.92 Å². The Morgan fingerprint density at radius 2 is 2.00 bits per heavy atom. The van der Waals surface area contributed by atoms with Crippen LogP contribution >= 0.6 is 0 Å². The van der Waals surface area contributed by atoms with Crippen molar-refractivity contribution in [3.05, 3.63) is 10.9 Å². The SMILES string of the molecule is CC1=NC(=C2N=NN=N2)[S+]=C1. The molecular weight excluding hydrogens is 162 g/mol. The molecule has 0 aromatic carbocycles. The van der Waals surface area contributed by atoms with Crippen LogP contribution < -0.4 is 0 Å². The normalized spacial score (nSPS) is 20.3. The van der Waals surface area contributed by atoms with E-state index in [4.69, 9.17) is 0 Å². The van der Waals surface area contributed by atoms with Gasteiger partial charge in [0.15, 0.2) is 0 Å². The molecule has 0 aliphatic carbocycles. The monoisotopic (exact) mass is 166 g/mol. The standard InChI is InChI=1S/C5H4N5S/c1-3-2-11-5(6-3)4-7-9-10-8-4/h2H,1H3/q+1. The summed E-state index contributed by atoms with van der Waals surface area (Å²) in [6.45, 7) is 1.92. The fraction of sp³-hybridized carbons (Fsp3) is 0.200. The zero-order chi connectivity index (χ0) is 7.68. The van der Waals surface area contributed by atoms with Gasteiger partial charge in [0.05, 0.1) is 0 Å². The summed E-state index contributed by atoms with van der Waals surface area (Å²) >= 11 is 1.49. The average molecular weight is 166 g/mol. The van der Waals surface area contributed by atoms with Crippen LogP contribution in [0.25, 0.3) is 0 Å². The lowest BCUT2D eigenvalue weighted by molar-refractivity contribution is 1.06. The molecule has 5 nitrogen and oxygen atoms in total. The summed E-state index contributed by atoms with van der Waals surface area (Å²) < 4.78 is 0. The molecule has 0 saturated carbocycles. The highest BCUT2D eigenvalue weighted by atomic mass is 32.1. The third-order valence-corrected chi connectivity index (χ3v) is 2.09. The van der Waals surface area contributed by atoms with E-state index in [0.29, 0.717) is 5.82 Å². The van der Waals surface area contributed by atoms with E-state index in [1.807, 2.05) is 12.3 Å². The summed E-state index contributed by atoms with van der Waals surface area (Å²) in [4.78, 5) is 4.17. The summed E-state index contributed by atoms with van der Waals surface area (Å²) in [6.07, 6.45) is 0. The second-order valence-corrected chi connectivity index (χ2v) is 2.85. The van der Waals surface area contributed by atoms with E-state index in [-0.39, 0.29) is 0 Å². The van der Waals surface area contributed by atoms with Gasteiger partial charge in [0.2, 0.25) is 16.7 Å². The van der Waals surface area contributed by atoms with Gasteiger partial charge in [-0.15, -0.1) is 0 Å². The molecule has 0 fully saturated rings. The van der Waals surface area contributed by atoms with Crippen molar-refractivity contribution < 1.29 is 0 Å². The van der Waals surface area contributed by atoms with E-state index in [9.17, 15) is 0 Å². The van der Waals surface area contributed by atoms with Crippen molar-refractivity contribution in [2.75, 3.05) is 0 Å². The molecule has 0 bridgehead atoms. The van der Waals surface area contributed by atoms with Crippen molar-refractivity contribution >= 4 is 22.4 Å². The first-order chi connectivity index (χ1) is 5.36. The van der Waals surface area contributed by atoms with E-state index >= 15 is 0 Å². The van der Waals surface area contributed by atoms with Crippen molar-refractivity contribution in [3.8, 4) is 0 Å². The highest BCUT2D eigenvalue weighted by molar-refractivity contribution is 7.83. The lowest BCUT2D eigenvalue weighted by Crippen LogP contribution is -1.83. The molecule has 2 aliphatic rings. The molecule has 2 heterocycles. The molecule has 6 heteroatoms. The second kappa shape index (κ2) is 2.39. The van der Waals surface area contributed by atoms with Crippen molar-refractivity contribution in [3.63, 3.8) is 0 Å². The summed E-state index contributed by atoms with van der Waals surface area (Å²) in [6, 6.07) is 0. The number of nitrogens with zero attached hydrogens (tertiary/aromatic N) is 5. The van der Waals surface area contributed by atoms with Gasteiger partial charge >= 0.3 is 5.03 Å². The smallest absolute Gasteiger partial charge is 0.190 e. The van der Waals surface area contributed by atoms with Crippen LogP contribution in [0.15, 0.2) is 36.5 Å². The predicted molar refractivity (Wildman–Crippen MR) is 43.3 cm³/mol. The summed E-state index contributed by atoms with van der Waals surface area (Å²) in [7, 11) is 0. The number of hydrogen-bond donors (Lipinski definition) is 0. The van der Waals surface area contributed by atoms with Gasteiger partial charge in [-0.3, -0.25) is 0 Å². The molecule has 0 spiro atoms. The fourth-order valence-corrected chi connectivity index (χ4v) is 1.41. The lowest BCUT2D eigenvalue weighted by atomic mass is 10.5. The van der Waals surface area contributed by atoms with Crippen LogP contribution in [0.4, 0.5) is 0 Å². The quantitative estimate of drug-likeness (QED) is 0.384. The van der Waals surface area contributed by atoms with Crippen LogP contribution in [-0.2, 0) is 11.4 Å². The maximum Gasteiger partial charge on any atom is 0.372 e. The van der Waals surface area contributed by atoms with Crippen molar-refractivity contribution in [2.24, 2.45) is 25.7 Å². The van der Waals surface area contributed by atoms with Crippen LogP contribution in [0.3, 0.4) is 0 Å². The Morgan fingerprint density at radius 1 is 1.27 bits per heavy atom. The van der Waals surface area contributed by atoms with Crippen molar-refractivity contribution in [1.82, 2.24) is 0 Å². The number of hydrogen-bond acceptors (Lipinski definition) is 5. The minimum Gasteiger partial charge on any atom is -0.190 e. The molecule has 0 radical (unpaired) electrons. The van der Waals surface area contributed by atoms with Crippen molar-refractivity contribution in [1.29, 1.82) is 0 Å². The Balaban J connectivity index is 2.44. The second-order valence-electron chi connectivity index (χ2n) is 2.00. The Kier molecular flexibility index (Phi) is 1.39. The molecule has 0 amide bonds. The van der Waals surface area contributed by atoms with Crippen molar-refractivity contribution in [2.45, 2.75) is 6.92 Å².